The van der Waals surface area contributed by atoms with Crippen molar-refractivity contribution in [2.45, 2.75) is 19.4 Å². The number of hydrogen-bond acceptors (Lipinski definition) is 3. The Morgan fingerprint density at radius 3 is 2.64 bits per heavy atom. The number of rotatable bonds is 5. The summed E-state index contributed by atoms with van der Waals surface area (Å²) in [7, 11) is 0. The first kappa shape index (κ1) is 14.8. The van der Waals surface area contributed by atoms with Crippen LogP contribution in [0.4, 0.5) is 0 Å². The summed E-state index contributed by atoms with van der Waals surface area (Å²) in [6.07, 6.45) is 8.49. The van der Waals surface area contributed by atoms with E-state index in [1.54, 1.807) is 0 Å². The second kappa shape index (κ2) is 7.76. The molecule has 1 aromatic heterocycles. The average molecular weight is 295 g/mol. The van der Waals surface area contributed by atoms with Gasteiger partial charge in [0.25, 0.3) is 0 Å². The van der Waals surface area contributed by atoms with Gasteiger partial charge in [0.1, 0.15) is 6.61 Å². The first-order valence-corrected chi connectivity index (χ1v) is 7.79. The van der Waals surface area contributed by atoms with Gasteiger partial charge in [-0.1, -0.05) is 42.5 Å². The highest BCUT2D eigenvalue weighted by atomic mass is 16.5. The van der Waals surface area contributed by atoms with E-state index in [0.717, 1.165) is 37.2 Å². The van der Waals surface area contributed by atoms with E-state index < -0.39 is 0 Å². The number of pyridine rings is 1. The maximum absolute atomic E-state index is 5.69. The molecule has 2 aromatic rings. The molecule has 3 heteroatoms. The van der Waals surface area contributed by atoms with E-state index in [-0.39, 0.29) is 0 Å². The molecule has 2 heterocycles. The van der Waals surface area contributed by atoms with Crippen molar-refractivity contribution in [2.24, 2.45) is 5.92 Å². The van der Waals surface area contributed by atoms with Gasteiger partial charge in [-0.3, -0.25) is 0 Å². The van der Waals surface area contributed by atoms with Gasteiger partial charge in [0.15, 0.2) is 0 Å². The van der Waals surface area contributed by atoms with Crippen molar-refractivity contribution >= 4 is 6.08 Å². The van der Waals surface area contributed by atoms with Gasteiger partial charge in [-0.25, -0.2) is 4.98 Å². The summed E-state index contributed by atoms with van der Waals surface area (Å²) in [6.45, 7) is 2.30. The van der Waals surface area contributed by atoms with Gasteiger partial charge >= 0.3 is 0 Å². The fourth-order valence-electron chi connectivity index (χ4n) is 2.46. The number of ether oxygens (including phenoxy) is 2. The van der Waals surface area contributed by atoms with E-state index in [0.29, 0.717) is 18.4 Å². The zero-order valence-corrected chi connectivity index (χ0v) is 12.7. The van der Waals surface area contributed by atoms with Gasteiger partial charge in [-0.2, -0.15) is 0 Å². The fourth-order valence-corrected chi connectivity index (χ4v) is 2.46. The lowest BCUT2D eigenvalue weighted by Crippen LogP contribution is -2.13. The molecule has 22 heavy (non-hydrogen) atoms. The van der Waals surface area contributed by atoms with Crippen molar-refractivity contribution in [3.05, 3.63) is 65.9 Å². The summed E-state index contributed by atoms with van der Waals surface area (Å²) in [5.74, 6) is 1.29. The van der Waals surface area contributed by atoms with Crippen LogP contribution in [-0.2, 0) is 11.3 Å². The van der Waals surface area contributed by atoms with Crippen molar-refractivity contribution in [3.63, 3.8) is 0 Å². The molecule has 0 amide bonds. The topological polar surface area (TPSA) is 31.4 Å². The highest BCUT2D eigenvalue weighted by Crippen LogP contribution is 2.18. The smallest absolute Gasteiger partial charge is 0.213 e. The molecule has 3 nitrogen and oxygen atoms in total. The lowest BCUT2D eigenvalue weighted by molar-refractivity contribution is 0.0787. The molecule has 0 N–H and O–H groups in total. The lowest BCUT2D eigenvalue weighted by Gasteiger charge is -2.18. The van der Waals surface area contributed by atoms with Gasteiger partial charge in [0.05, 0.1) is 0 Å². The molecule has 114 valence electrons. The van der Waals surface area contributed by atoms with Crippen LogP contribution in [0.1, 0.15) is 24.0 Å². The van der Waals surface area contributed by atoms with Gasteiger partial charge in [0.2, 0.25) is 5.88 Å². The van der Waals surface area contributed by atoms with Crippen LogP contribution in [0.5, 0.6) is 5.88 Å². The SMILES string of the molecule is C(=CC1CCOCC1)c1ccc(OCc2ccccc2)nc1. The van der Waals surface area contributed by atoms with Crippen molar-refractivity contribution in [1.29, 1.82) is 0 Å². The zero-order chi connectivity index (χ0) is 15.0. The Hall–Kier alpha value is -2.13. The monoisotopic (exact) mass is 295 g/mol. The van der Waals surface area contributed by atoms with Gasteiger partial charge < -0.3 is 9.47 Å². The minimum absolute atomic E-state index is 0.547. The number of aromatic nitrogens is 1. The maximum atomic E-state index is 5.69. The van der Waals surface area contributed by atoms with E-state index in [2.05, 4.69) is 17.1 Å². The van der Waals surface area contributed by atoms with Gasteiger partial charge in [-0.05, 0) is 36.0 Å². The molecule has 1 aromatic carbocycles. The largest absolute Gasteiger partial charge is 0.473 e. The van der Waals surface area contributed by atoms with Gasteiger partial charge in [-0.15, -0.1) is 0 Å². The van der Waals surface area contributed by atoms with E-state index in [1.807, 2.05) is 48.7 Å². The quantitative estimate of drug-likeness (QED) is 0.832. The molecule has 1 aliphatic heterocycles. The molecular weight excluding hydrogens is 274 g/mol. The molecule has 1 fully saturated rings. The Bertz CT molecular complexity index is 587. The first-order chi connectivity index (χ1) is 10.9. The van der Waals surface area contributed by atoms with Crippen LogP contribution in [0.3, 0.4) is 0 Å². The Morgan fingerprint density at radius 1 is 1.09 bits per heavy atom. The summed E-state index contributed by atoms with van der Waals surface area (Å²) in [5, 5.41) is 0. The second-order valence-corrected chi connectivity index (χ2v) is 5.51. The van der Waals surface area contributed by atoms with Crippen molar-refractivity contribution < 1.29 is 9.47 Å². The summed E-state index contributed by atoms with van der Waals surface area (Å²) in [5.41, 5.74) is 2.26. The molecular formula is C19H21NO2. The molecule has 1 aliphatic rings. The average Bonchev–Trinajstić information content (AvgIpc) is 2.61. The van der Waals surface area contributed by atoms with Crippen molar-refractivity contribution in [2.75, 3.05) is 13.2 Å². The van der Waals surface area contributed by atoms with E-state index in [1.165, 1.54) is 0 Å². The number of allylic oxidation sites excluding steroid dienone is 1. The van der Waals surface area contributed by atoms with Crippen LogP contribution >= 0.6 is 0 Å². The van der Waals surface area contributed by atoms with Crippen LogP contribution in [0.15, 0.2) is 54.7 Å². The van der Waals surface area contributed by atoms with Crippen LogP contribution in [0.25, 0.3) is 6.08 Å². The zero-order valence-electron chi connectivity index (χ0n) is 12.7. The Balaban J connectivity index is 1.52. The highest BCUT2D eigenvalue weighted by molar-refractivity contribution is 5.48. The maximum Gasteiger partial charge on any atom is 0.213 e. The molecule has 0 unspecified atom stereocenters. The normalized spacial score (nSPS) is 16.0. The number of hydrogen-bond donors (Lipinski definition) is 0. The molecule has 0 atom stereocenters. The predicted molar refractivity (Wildman–Crippen MR) is 87.6 cm³/mol. The lowest BCUT2D eigenvalue weighted by atomic mass is 9.99. The minimum Gasteiger partial charge on any atom is -0.473 e. The Kier molecular flexibility index (Phi) is 5.22. The predicted octanol–water partition coefficient (Wildman–Crippen LogP) is 4.10. The molecule has 1 saturated heterocycles. The molecule has 0 spiro atoms. The standard InChI is InChI=1S/C19H21NO2/c1-2-4-18(5-3-1)15-22-19-9-8-17(14-20-19)7-6-16-10-12-21-13-11-16/h1-9,14,16H,10-13,15H2. The van der Waals surface area contributed by atoms with Crippen LogP contribution in [0.2, 0.25) is 0 Å². The van der Waals surface area contributed by atoms with Crippen LogP contribution in [0, 0.1) is 5.92 Å². The van der Waals surface area contributed by atoms with Gasteiger partial charge in [0, 0.05) is 25.5 Å². The summed E-state index contributed by atoms with van der Waals surface area (Å²) in [6, 6.07) is 14.1. The first-order valence-electron chi connectivity index (χ1n) is 7.79. The third kappa shape index (κ3) is 4.43. The Labute approximate surface area is 131 Å². The summed E-state index contributed by atoms with van der Waals surface area (Å²) >= 11 is 0. The van der Waals surface area contributed by atoms with E-state index in [4.69, 9.17) is 9.47 Å². The Morgan fingerprint density at radius 2 is 1.91 bits per heavy atom. The highest BCUT2D eigenvalue weighted by Gasteiger charge is 2.09. The van der Waals surface area contributed by atoms with E-state index >= 15 is 0 Å². The fraction of sp³-hybridized carbons (Fsp3) is 0.316. The molecule has 3 rings (SSSR count). The third-order valence-electron chi connectivity index (χ3n) is 3.82. The second-order valence-electron chi connectivity index (χ2n) is 5.51. The molecule has 0 aliphatic carbocycles. The van der Waals surface area contributed by atoms with Crippen LogP contribution < -0.4 is 4.74 Å². The molecule has 0 radical (unpaired) electrons. The van der Waals surface area contributed by atoms with Crippen LogP contribution in [-0.4, -0.2) is 18.2 Å². The number of benzene rings is 1. The van der Waals surface area contributed by atoms with E-state index in [9.17, 15) is 0 Å². The third-order valence-corrected chi connectivity index (χ3v) is 3.82. The van der Waals surface area contributed by atoms with Crippen molar-refractivity contribution in [3.8, 4) is 5.88 Å². The summed E-state index contributed by atoms with van der Waals surface area (Å²) < 4.78 is 11.1. The molecule has 0 saturated carbocycles. The summed E-state index contributed by atoms with van der Waals surface area (Å²) in [4.78, 5) is 4.36. The van der Waals surface area contributed by atoms with Crippen molar-refractivity contribution in [1.82, 2.24) is 4.98 Å². The number of nitrogens with zero attached hydrogens (tertiary/aromatic N) is 1. The minimum atomic E-state index is 0.547. The molecule has 0 bridgehead atoms.